The Hall–Kier alpha value is -1.52. The van der Waals surface area contributed by atoms with Crippen LogP contribution in [0.25, 0.3) is 0 Å². The summed E-state index contributed by atoms with van der Waals surface area (Å²) in [7, 11) is 0. The van der Waals surface area contributed by atoms with Gasteiger partial charge in [-0.05, 0) is 36.7 Å². The summed E-state index contributed by atoms with van der Waals surface area (Å²) >= 11 is 5.64. The minimum absolute atomic E-state index is 0.0377. The molecule has 0 radical (unpaired) electrons. The summed E-state index contributed by atoms with van der Waals surface area (Å²) < 4.78 is 40.7. The highest BCUT2D eigenvalue weighted by Gasteiger charge is 2.18. The molecule has 0 aliphatic carbocycles. The van der Waals surface area contributed by atoms with Crippen LogP contribution in [-0.2, 0) is 6.42 Å². The van der Waals surface area contributed by atoms with Gasteiger partial charge in [0.15, 0.2) is 11.6 Å². The molecule has 1 unspecified atom stereocenters. The lowest BCUT2D eigenvalue weighted by Gasteiger charge is -2.19. The Balaban J connectivity index is 2.30. The van der Waals surface area contributed by atoms with Crippen LogP contribution in [-0.4, -0.2) is 6.54 Å². The lowest BCUT2D eigenvalue weighted by atomic mass is 9.98. The summed E-state index contributed by atoms with van der Waals surface area (Å²) in [5.74, 6) is -2.29. The molecule has 1 atom stereocenters. The van der Waals surface area contributed by atoms with Gasteiger partial charge in [0.1, 0.15) is 5.82 Å². The Morgan fingerprint density at radius 2 is 1.86 bits per heavy atom. The largest absolute Gasteiger partial charge is 0.310 e. The number of hydrogen-bond donors (Lipinski definition) is 1. The first-order valence-electron chi connectivity index (χ1n) is 6.64. The van der Waals surface area contributed by atoms with Crippen LogP contribution in [0.5, 0.6) is 0 Å². The molecule has 21 heavy (non-hydrogen) atoms. The van der Waals surface area contributed by atoms with Gasteiger partial charge in [-0.3, -0.25) is 0 Å². The molecule has 0 aliphatic rings. The SMILES string of the molecule is CCNC(Cc1ccc(Cl)c(F)c1)c1cccc(F)c1F. The van der Waals surface area contributed by atoms with E-state index in [-0.39, 0.29) is 10.6 Å². The zero-order valence-corrected chi connectivity index (χ0v) is 12.2. The van der Waals surface area contributed by atoms with Crippen molar-refractivity contribution in [1.82, 2.24) is 5.32 Å². The summed E-state index contributed by atoms with van der Waals surface area (Å²) in [6.07, 6.45) is 0.336. The maximum atomic E-state index is 13.9. The smallest absolute Gasteiger partial charge is 0.163 e. The predicted molar refractivity (Wildman–Crippen MR) is 77.9 cm³/mol. The van der Waals surface area contributed by atoms with Gasteiger partial charge in [-0.2, -0.15) is 0 Å². The molecule has 0 fully saturated rings. The summed E-state index contributed by atoms with van der Waals surface area (Å²) in [6.45, 7) is 2.45. The summed E-state index contributed by atoms with van der Waals surface area (Å²) in [4.78, 5) is 0. The first kappa shape index (κ1) is 15.9. The zero-order chi connectivity index (χ0) is 15.4. The lowest BCUT2D eigenvalue weighted by molar-refractivity contribution is 0.464. The molecule has 0 aromatic heterocycles. The second kappa shape index (κ2) is 6.96. The third kappa shape index (κ3) is 3.77. The Kier molecular flexibility index (Phi) is 5.26. The molecule has 0 spiro atoms. The quantitative estimate of drug-likeness (QED) is 0.847. The number of nitrogens with one attached hydrogen (secondary N) is 1. The van der Waals surface area contributed by atoms with E-state index in [1.807, 2.05) is 6.92 Å². The third-order valence-corrected chi connectivity index (χ3v) is 3.54. The van der Waals surface area contributed by atoms with E-state index in [0.717, 1.165) is 6.07 Å². The van der Waals surface area contributed by atoms with Gasteiger partial charge in [0.2, 0.25) is 0 Å². The van der Waals surface area contributed by atoms with E-state index in [1.54, 1.807) is 6.07 Å². The second-order valence-electron chi connectivity index (χ2n) is 4.71. The molecule has 112 valence electrons. The summed E-state index contributed by atoms with van der Waals surface area (Å²) in [5.41, 5.74) is 0.888. The average molecular weight is 314 g/mol. The molecule has 0 saturated carbocycles. The monoisotopic (exact) mass is 313 g/mol. The van der Waals surface area contributed by atoms with Gasteiger partial charge in [0, 0.05) is 11.6 Å². The maximum Gasteiger partial charge on any atom is 0.163 e. The van der Waals surface area contributed by atoms with Gasteiger partial charge >= 0.3 is 0 Å². The normalized spacial score (nSPS) is 12.4. The molecule has 2 aromatic rings. The van der Waals surface area contributed by atoms with E-state index < -0.39 is 23.5 Å². The molecule has 2 aromatic carbocycles. The fraction of sp³-hybridized carbons (Fsp3) is 0.250. The van der Waals surface area contributed by atoms with Crippen LogP contribution in [0, 0.1) is 17.5 Å². The van der Waals surface area contributed by atoms with E-state index in [1.165, 1.54) is 24.3 Å². The number of likely N-dealkylation sites (N-methyl/N-ethyl adjacent to an activating group) is 1. The average Bonchev–Trinajstić information content (AvgIpc) is 2.45. The molecule has 2 rings (SSSR count). The van der Waals surface area contributed by atoms with Crippen molar-refractivity contribution in [1.29, 1.82) is 0 Å². The van der Waals surface area contributed by atoms with Crippen molar-refractivity contribution in [3.8, 4) is 0 Å². The molecule has 1 nitrogen and oxygen atoms in total. The minimum atomic E-state index is -0.891. The van der Waals surface area contributed by atoms with Crippen molar-refractivity contribution in [2.45, 2.75) is 19.4 Å². The Bertz CT molecular complexity index is 631. The second-order valence-corrected chi connectivity index (χ2v) is 5.11. The van der Waals surface area contributed by atoms with Crippen LogP contribution in [0.15, 0.2) is 36.4 Å². The van der Waals surface area contributed by atoms with Crippen molar-refractivity contribution >= 4 is 11.6 Å². The third-order valence-electron chi connectivity index (χ3n) is 3.23. The number of benzene rings is 2. The molecule has 0 amide bonds. The van der Waals surface area contributed by atoms with Crippen LogP contribution in [0.1, 0.15) is 24.1 Å². The lowest BCUT2D eigenvalue weighted by Crippen LogP contribution is -2.24. The van der Waals surface area contributed by atoms with E-state index in [0.29, 0.717) is 18.5 Å². The van der Waals surface area contributed by atoms with Gasteiger partial charge in [-0.25, -0.2) is 13.2 Å². The van der Waals surface area contributed by atoms with Gasteiger partial charge < -0.3 is 5.32 Å². The van der Waals surface area contributed by atoms with Gasteiger partial charge in [0.25, 0.3) is 0 Å². The van der Waals surface area contributed by atoms with Crippen molar-refractivity contribution < 1.29 is 13.2 Å². The molecule has 0 aliphatic heterocycles. The van der Waals surface area contributed by atoms with Crippen molar-refractivity contribution in [2.75, 3.05) is 6.54 Å². The fourth-order valence-corrected chi connectivity index (χ4v) is 2.35. The van der Waals surface area contributed by atoms with Crippen LogP contribution < -0.4 is 5.32 Å². The molecule has 0 saturated heterocycles. The first-order valence-corrected chi connectivity index (χ1v) is 7.02. The fourth-order valence-electron chi connectivity index (χ4n) is 2.23. The Labute approximate surface area is 126 Å². The van der Waals surface area contributed by atoms with E-state index in [2.05, 4.69) is 5.32 Å². The molecule has 0 heterocycles. The first-order chi connectivity index (χ1) is 10.0. The topological polar surface area (TPSA) is 12.0 Å². The summed E-state index contributed by atoms with van der Waals surface area (Å²) in [6, 6.07) is 8.06. The van der Waals surface area contributed by atoms with Gasteiger partial charge in [0.05, 0.1) is 5.02 Å². The molecule has 0 bridgehead atoms. The highest BCUT2D eigenvalue weighted by Crippen LogP contribution is 2.24. The Morgan fingerprint density at radius 1 is 1.10 bits per heavy atom. The van der Waals surface area contributed by atoms with Crippen molar-refractivity contribution in [3.63, 3.8) is 0 Å². The highest BCUT2D eigenvalue weighted by atomic mass is 35.5. The minimum Gasteiger partial charge on any atom is -0.310 e. The van der Waals surface area contributed by atoms with Crippen molar-refractivity contribution in [3.05, 3.63) is 70.0 Å². The van der Waals surface area contributed by atoms with Crippen LogP contribution >= 0.6 is 11.6 Å². The van der Waals surface area contributed by atoms with Crippen LogP contribution in [0.2, 0.25) is 5.02 Å². The summed E-state index contributed by atoms with van der Waals surface area (Å²) in [5, 5.41) is 3.13. The Morgan fingerprint density at radius 3 is 2.52 bits per heavy atom. The van der Waals surface area contributed by atoms with Crippen molar-refractivity contribution in [2.24, 2.45) is 0 Å². The number of hydrogen-bond acceptors (Lipinski definition) is 1. The van der Waals surface area contributed by atoms with Crippen LogP contribution in [0.4, 0.5) is 13.2 Å². The zero-order valence-electron chi connectivity index (χ0n) is 11.5. The predicted octanol–water partition coefficient (Wildman–Crippen LogP) is 4.65. The standard InChI is InChI=1S/C16H15ClF3N/c1-2-21-15(11-4-3-5-13(18)16(11)20)9-10-6-7-12(17)14(19)8-10/h3-8,15,21H,2,9H2,1H3. The molecule has 5 heteroatoms. The maximum absolute atomic E-state index is 13.9. The number of rotatable bonds is 5. The van der Waals surface area contributed by atoms with E-state index >= 15 is 0 Å². The van der Waals surface area contributed by atoms with Crippen LogP contribution in [0.3, 0.4) is 0 Å². The van der Waals surface area contributed by atoms with E-state index in [9.17, 15) is 13.2 Å². The van der Waals surface area contributed by atoms with E-state index in [4.69, 9.17) is 11.6 Å². The van der Waals surface area contributed by atoms with Gasteiger partial charge in [-0.15, -0.1) is 0 Å². The van der Waals surface area contributed by atoms with Gasteiger partial charge in [-0.1, -0.05) is 36.7 Å². The number of halogens is 4. The molecule has 1 N–H and O–H groups in total. The highest BCUT2D eigenvalue weighted by molar-refractivity contribution is 6.30. The molecular weight excluding hydrogens is 299 g/mol. The molecular formula is C16H15ClF3N.